The van der Waals surface area contributed by atoms with Crippen LogP contribution in [0.3, 0.4) is 0 Å². The third-order valence-corrected chi connectivity index (χ3v) is 3.74. The summed E-state index contributed by atoms with van der Waals surface area (Å²) in [6.07, 6.45) is 0. The molecule has 0 aliphatic carbocycles. The molecule has 0 aliphatic heterocycles. The number of rotatable bonds is 3. The van der Waals surface area contributed by atoms with Crippen molar-refractivity contribution in [2.45, 2.75) is 6.92 Å². The summed E-state index contributed by atoms with van der Waals surface area (Å²) < 4.78 is 1.27. The van der Waals surface area contributed by atoms with E-state index in [1.54, 1.807) is 11.3 Å². The quantitative estimate of drug-likeness (QED) is 0.773. The molecule has 18 heavy (non-hydrogen) atoms. The maximum atomic E-state index is 4.29. The first-order valence-electron chi connectivity index (χ1n) is 5.92. The summed E-state index contributed by atoms with van der Waals surface area (Å²) in [5.74, 6) is 0.819. The normalized spacial score (nSPS) is 10.7. The number of hydrogen-bond donors (Lipinski definition) is 1. The maximum absolute atomic E-state index is 4.29. The highest BCUT2D eigenvalue weighted by atomic mass is 32.1. The molecule has 1 aromatic carbocycles. The Bertz CT molecular complexity index is 658. The fourth-order valence-corrected chi connectivity index (χ4v) is 2.87. The van der Waals surface area contributed by atoms with Crippen LogP contribution in [0, 0.1) is 0 Å². The Morgan fingerprint density at radius 2 is 2.06 bits per heavy atom. The van der Waals surface area contributed by atoms with E-state index in [0.29, 0.717) is 0 Å². The Morgan fingerprint density at radius 1 is 1.11 bits per heavy atom. The molecule has 3 nitrogen and oxygen atoms in total. The number of hydrogen-bond acceptors (Lipinski definition) is 4. The van der Waals surface area contributed by atoms with Crippen LogP contribution in [0.1, 0.15) is 6.92 Å². The number of aromatic nitrogens is 2. The molecule has 2 aromatic heterocycles. The van der Waals surface area contributed by atoms with Crippen molar-refractivity contribution in [1.29, 1.82) is 0 Å². The monoisotopic (exact) mass is 255 g/mol. The molecule has 3 aromatic rings. The van der Waals surface area contributed by atoms with E-state index in [1.165, 1.54) is 10.1 Å². The average molecular weight is 255 g/mol. The molecule has 0 aliphatic rings. The zero-order chi connectivity index (χ0) is 12.4. The lowest BCUT2D eigenvalue weighted by Crippen LogP contribution is -2.00. The second-order valence-corrected chi connectivity index (χ2v) is 4.89. The molecule has 0 unspecified atom stereocenters. The Hall–Kier alpha value is -1.94. The predicted molar refractivity (Wildman–Crippen MR) is 77.0 cm³/mol. The van der Waals surface area contributed by atoms with E-state index in [2.05, 4.69) is 45.2 Å². The van der Waals surface area contributed by atoms with Gasteiger partial charge in [0.05, 0.1) is 5.69 Å². The Balaban J connectivity index is 2.06. The van der Waals surface area contributed by atoms with Gasteiger partial charge < -0.3 is 5.32 Å². The third kappa shape index (κ3) is 1.95. The van der Waals surface area contributed by atoms with Crippen molar-refractivity contribution in [3.05, 3.63) is 41.8 Å². The molecule has 0 amide bonds. The van der Waals surface area contributed by atoms with Crippen LogP contribution < -0.4 is 5.32 Å². The van der Waals surface area contributed by atoms with E-state index < -0.39 is 0 Å². The number of anilines is 1. The fraction of sp³-hybridized carbons (Fsp3) is 0.143. The van der Waals surface area contributed by atoms with Crippen molar-refractivity contribution in [3.63, 3.8) is 0 Å². The standard InChI is InChI=1S/C14H13N3S/c1-2-15-13-7-6-12(16-17-13)11-5-3-4-10-8-9-18-14(10)11/h3-9H,2H2,1H3,(H,15,17). The lowest BCUT2D eigenvalue weighted by molar-refractivity contribution is 1.02. The number of nitrogens with one attached hydrogen (secondary N) is 1. The Labute approximate surface area is 109 Å². The van der Waals surface area contributed by atoms with Gasteiger partial charge in [-0.1, -0.05) is 18.2 Å². The van der Waals surface area contributed by atoms with Gasteiger partial charge in [0.1, 0.15) is 5.82 Å². The first kappa shape index (κ1) is 11.2. The average Bonchev–Trinajstić information content (AvgIpc) is 2.88. The van der Waals surface area contributed by atoms with Gasteiger partial charge >= 0.3 is 0 Å². The van der Waals surface area contributed by atoms with E-state index in [9.17, 15) is 0 Å². The van der Waals surface area contributed by atoms with E-state index in [-0.39, 0.29) is 0 Å². The van der Waals surface area contributed by atoms with Gasteiger partial charge in [-0.3, -0.25) is 0 Å². The van der Waals surface area contributed by atoms with Crippen LogP contribution in [-0.2, 0) is 0 Å². The van der Waals surface area contributed by atoms with Crippen LogP contribution in [0.2, 0.25) is 0 Å². The Kier molecular flexibility index (Phi) is 2.94. The lowest BCUT2D eigenvalue weighted by Gasteiger charge is -2.04. The van der Waals surface area contributed by atoms with Gasteiger partial charge in [0.2, 0.25) is 0 Å². The summed E-state index contributed by atoms with van der Waals surface area (Å²) in [6, 6.07) is 12.4. The van der Waals surface area contributed by atoms with Crippen LogP contribution in [0.25, 0.3) is 21.3 Å². The second-order valence-electron chi connectivity index (χ2n) is 3.98. The van der Waals surface area contributed by atoms with Gasteiger partial charge in [0, 0.05) is 16.8 Å². The summed E-state index contributed by atoms with van der Waals surface area (Å²) >= 11 is 1.74. The highest BCUT2D eigenvalue weighted by Gasteiger charge is 2.06. The van der Waals surface area contributed by atoms with Gasteiger partial charge in [-0.15, -0.1) is 21.5 Å². The first-order chi connectivity index (χ1) is 8.88. The minimum Gasteiger partial charge on any atom is -0.369 e. The van der Waals surface area contributed by atoms with Crippen LogP contribution >= 0.6 is 11.3 Å². The largest absolute Gasteiger partial charge is 0.369 e. The van der Waals surface area contributed by atoms with Gasteiger partial charge in [-0.2, -0.15) is 0 Å². The molecule has 0 bridgehead atoms. The predicted octanol–water partition coefficient (Wildman–Crippen LogP) is 3.79. The van der Waals surface area contributed by atoms with Crippen molar-refractivity contribution in [2.75, 3.05) is 11.9 Å². The zero-order valence-electron chi connectivity index (χ0n) is 10.1. The topological polar surface area (TPSA) is 37.8 Å². The van der Waals surface area contributed by atoms with Crippen molar-refractivity contribution < 1.29 is 0 Å². The first-order valence-corrected chi connectivity index (χ1v) is 6.80. The van der Waals surface area contributed by atoms with Crippen molar-refractivity contribution >= 4 is 27.2 Å². The van der Waals surface area contributed by atoms with Gasteiger partial charge in [-0.25, -0.2) is 0 Å². The van der Waals surface area contributed by atoms with E-state index >= 15 is 0 Å². The molecular weight excluding hydrogens is 242 g/mol. The van der Waals surface area contributed by atoms with Gasteiger partial charge in [0.25, 0.3) is 0 Å². The highest BCUT2D eigenvalue weighted by Crippen LogP contribution is 2.31. The molecule has 0 fully saturated rings. The SMILES string of the molecule is CCNc1ccc(-c2cccc3ccsc23)nn1. The van der Waals surface area contributed by atoms with Crippen LogP contribution in [-0.4, -0.2) is 16.7 Å². The fourth-order valence-electron chi connectivity index (χ4n) is 1.95. The molecule has 2 heterocycles. The second kappa shape index (κ2) is 4.74. The number of thiophene rings is 1. The lowest BCUT2D eigenvalue weighted by atomic mass is 10.1. The van der Waals surface area contributed by atoms with Gasteiger partial charge in [-0.05, 0) is 35.9 Å². The Morgan fingerprint density at radius 3 is 2.83 bits per heavy atom. The molecular formula is C14H13N3S. The molecule has 0 saturated carbocycles. The van der Waals surface area contributed by atoms with Crippen LogP contribution in [0.5, 0.6) is 0 Å². The van der Waals surface area contributed by atoms with Crippen LogP contribution in [0.15, 0.2) is 41.8 Å². The molecule has 4 heteroatoms. The molecule has 0 radical (unpaired) electrons. The van der Waals surface area contributed by atoms with Crippen molar-refractivity contribution in [1.82, 2.24) is 10.2 Å². The van der Waals surface area contributed by atoms with Crippen molar-refractivity contribution in [2.24, 2.45) is 0 Å². The summed E-state index contributed by atoms with van der Waals surface area (Å²) in [6.45, 7) is 2.90. The molecule has 0 saturated heterocycles. The van der Waals surface area contributed by atoms with E-state index in [0.717, 1.165) is 23.6 Å². The molecule has 0 spiro atoms. The van der Waals surface area contributed by atoms with E-state index in [1.807, 2.05) is 19.1 Å². The third-order valence-electron chi connectivity index (χ3n) is 2.78. The maximum Gasteiger partial charge on any atom is 0.148 e. The summed E-state index contributed by atoms with van der Waals surface area (Å²) in [7, 11) is 0. The number of benzene rings is 1. The summed E-state index contributed by atoms with van der Waals surface area (Å²) in [5.41, 5.74) is 2.07. The number of fused-ring (bicyclic) bond motifs is 1. The van der Waals surface area contributed by atoms with Crippen LogP contribution in [0.4, 0.5) is 5.82 Å². The molecule has 0 atom stereocenters. The van der Waals surface area contributed by atoms with Crippen molar-refractivity contribution in [3.8, 4) is 11.3 Å². The number of nitrogens with zero attached hydrogens (tertiary/aromatic N) is 2. The van der Waals surface area contributed by atoms with E-state index in [4.69, 9.17) is 0 Å². The minimum absolute atomic E-state index is 0.819. The molecule has 3 rings (SSSR count). The summed E-state index contributed by atoms with van der Waals surface area (Å²) in [5, 5.41) is 15.0. The zero-order valence-corrected chi connectivity index (χ0v) is 10.9. The van der Waals surface area contributed by atoms with Gasteiger partial charge in [0.15, 0.2) is 0 Å². The highest BCUT2D eigenvalue weighted by molar-refractivity contribution is 7.17. The molecule has 90 valence electrons. The molecule has 1 N–H and O–H groups in total. The summed E-state index contributed by atoms with van der Waals surface area (Å²) in [4.78, 5) is 0. The minimum atomic E-state index is 0.819. The smallest absolute Gasteiger partial charge is 0.148 e.